The number of nitrogens with zero attached hydrogens (tertiary/aromatic N) is 4. The van der Waals surface area contributed by atoms with E-state index < -0.39 is 0 Å². The summed E-state index contributed by atoms with van der Waals surface area (Å²) in [6, 6.07) is 6.25. The van der Waals surface area contributed by atoms with Crippen molar-refractivity contribution in [2.75, 3.05) is 36.4 Å². The smallest absolute Gasteiger partial charge is 0.362 e. The molecule has 1 saturated carbocycles. The first-order chi connectivity index (χ1) is 16.3. The molecule has 2 saturated heterocycles. The number of nitrogens with one attached hydrogen (secondary N) is 1. The molecule has 0 spiro atoms. The van der Waals surface area contributed by atoms with E-state index >= 15 is 0 Å². The van der Waals surface area contributed by atoms with Gasteiger partial charge in [-0.15, -0.1) is 0 Å². The van der Waals surface area contributed by atoms with Crippen molar-refractivity contribution in [1.82, 2.24) is 14.9 Å². The summed E-state index contributed by atoms with van der Waals surface area (Å²) in [5, 5.41) is 5.22. The number of benzene rings is 1. The Morgan fingerprint density at radius 3 is 2.51 bits per heavy atom. The zero-order valence-corrected chi connectivity index (χ0v) is 25.4. The first kappa shape index (κ1) is 27.8. The zero-order chi connectivity index (χ0) is 24.0. The van der Waals surface area contributed by atoms with Gasteiger partial charge >= 0.3 is 29.6 Å². The van der Waals surface area contributed by atoms with Crippen molar-refractivity contribution in [3.8, 4) is 0 Å². The standard InChI is InChI=1S/C26H33Cl3N5.Na/c1-15-9-21(10-15)33-8-4-5-18(12-33)19-13-34(14-19)26-31-17(3)24(29)25(32-26)30-16(2)22-7-6-20(27)11-23(22)28;/h6-7,11,16,18-19,21H,4-5,8-10,12-14H2,1-3H3,(H,30,31,32);/q-1;+1/t16-,18+;/m1./s1. The molecule has 0 amide bonds. The summed E-state index contributed by atoms with van der Waals surface area (Å²) in [5.74, 6) is 4.56. The molecular weight excluding hydrogens is 512 g/mol. The summed E-state index contributed by atoms with van der Waals surface area (Å²) in [6.45, 7) is 10.8. The number of aryl methyl sites for hydroxylation is 1. The molecule has 2 atom stereocenters. The van der Waals surface area contributed by atoms with Crippen molar-refractivity contribution in [3.63, 3.8) is 0 Å². The Balaban J connectivity index is 0.00000289. The number of piperidine rings is 1. The molecule has 0 unspecified atom stereocenters. The van der Waals surface area contributed by atoms with E-state index in [9.17, 15) is 0 Å². The second kappa shape index (κ2) is 11.6. The fourth-order valence-electron chi connectivity index (χ4n) is 5.65. The van der Waals surface area contributed by atoms with Gasteiger partial charge in [0, 0.05) is 29.7 Å². The van der Waals surface area contributed by atoms with E-state index in [2.05, 4.69) is 22.0 Å². The molecule has 3 aliphatic rings. The summed E-state index contributed by atoms with van der Waals surface area (Å²) in [5.41, 5.74) is 1.73. The van der Waals surface area contributed by atoms with Gasteiger partial charge in [0.1, 0.15) is 5.02 Å². The van der Waals surface area contributed by atoms with Gasteiger partial charge in [-0.2, -0.15) is 24.7 Å². The summed E-state index contributed by atoms with van der Waals surface area (Å²) < 4.78 is 0. The fourth-order valence-corrected chi connectivity index (χ4v) is 6.36. The van der Waals surface area contributed by atoms with Crippen molar-refractivity contribution in [2.45, 2.75) is 58.5 Å². The predicted molar refractivity (Wildman–Crippen MR) is 142 cm³/mol. The molecule has 1 N–H and O–H groups in total. The van der Waals surface area contributed by atoms with Crippen LogP contribution in [0.25, 0.3) is 0 Å². The van der Waals surface area contributed by atoms with Gasteiger partial charge in [-0.1, -0.05) is 40.9 Å². The van der Waals surface area contributed by atoms with Gasteiger partial charge in [0.05, 0.1) is 11.7 Å². The molecular formula is C26H33Cl3N5Na. The first-order valence-corrected chi connectivity index (χ1v) is 13.5. The monoisotopic (exact) mass is 543 g/mol. The van der Waals surface area contributed by atoms with E-state index in [0.717, 1.165) is 48.2 Å². The largest absolute Gasteiger partial charge is 1.00 e. The van der Waals surface area contributed by atoms with Crippen molar-refractivity contribution in [2.24, 2.45) is 11.8 Å². The van der Waals surface area contributed by atoms with Crippen LogP contribution in [0, 0.1) is 24.7 Å². The number of halogens is 3. The SMILES string of the molecule is Cc1nc(N2CC([C@H]3CCCN(C4C[C-](C)C4)C3)C2)nc(N[C@H](C)c2ccc(Cl)cc2Cl)c1Cl.[Na+]. The van der Waals surface area contributed by atoms with Crippen LogP contribution < -0.4 is 39.8 Å². The van der Waals surface area contributed by atoms with Crippen molar-refractivity contribution in [1.29, 1.82) is 0 Å². The van der Waals surface area contributed by atoms with Gasteiger partial charge in [0.2, 0.25) is 5.95 Å². The van der Waals surface area contributed by atoms with E-state index in [4.69, 9.17) is 44.8 Å². The Morgan fingerprint density at radius 2 is 1.83 bits per heavy atom. The van der Waals surface area contributed by atoms with Crippen LogP contribution in [-0.2, 0) is 0 Å². The maximum atomic E-state index is 6.59. The van der Waals surface area contributed by atoms with E-state index in [-0.39, 0.29) is 35.6 Å². The average Bonchev–Trinajstić information content (AvgIpc) is 2.74. The van der Waals surface area contributed by atoms with Crippen LogP contribution in [0.5, 0.6) is 0 Å². The summed E-state index contributed by atoms with van der Waals surface area (Å²) in [6.07, 6.45) is 5.28. The van der Waals surface area contributed by atoms with Gasteiger partial charge < -0.3 is 21.0 Å². The third kappa shape index (κ3) is 6.08. The minimum Gasteiger partial charge on any atom is -0.362 e. The number of rotatable bonds is 6. The van der Waals surface area contributed by atoms with Crippen LogP contribution in [0.3, 0.4) is 0 Å². The van der Waals surface area contributed by atoms with Gasteiger partial charge in [-0.25, -0.2) is 4.98 Å². The van der Waals surface area contributed by atoms with E-state index in [0.29, 0.717) is 20.9 Å². The third-order valence-electron chi connectivity index (χ3n) is 7.82. The normalized spacial score (nSPS) is 22.8. The summed E-state index contributed by atoms with van der Waals surface area (Å²) >= 11 is 19.1. The van der Waals surface area contributed by atoms with E-state index in [1.54, 1.807) is 12.0 Å². The van der Waals surface area contributed by atoms with Gasteiger partial charge in [-0.05, 0) is 68.8 Å². The Morgan fingerprint density at radius 1 is 1.09 bits per heavy atom. The number of hydrogen-bond acceptors (Lipinski definition) is 5. The predicted octanol–water partition coefficient (Wildman–Crippen LogP) is 3.83. The topological polar surface area (TPSA) is 44.3 Å². The van der Waals surface area contributed by atoms with Gasteiger partial charge in [0.15, 0.2) is 5.82 Å². The molecule has 5 nitrogen and oxygen atoms in total. The van der Waals surface area contributed by atoms with Crippen molar-refractivity contribution < 1.29 is 29.6 Å². The Labute approximate surface area is 246 Å². The van der Waals surface area contributed by atoms with E-state index in [1.807, 2.05) is 26.0 Å². The number of anilines is 2. The Kier molecular flexibility index (Phi) is 9.23. The maximum Gasteiger partial charge on any atom is 1.00 e. The van der Waals surface area contributed by atoms with Crippen LogP contribution in [0.4, 0.5) is 11.8 Å². The summed E-state index contributed by atoms with van der Waals surface area (Å²) in [7, 11) is 0. The minimum atomic E-state index is -0.0748. The number of hydrogen-bond donors (Lipinski definition) is 1. The van der Waals surface area contributed by atoms with Gasteiger partial charge in [-0.3, -0.25) is 0 Å². The maximum absolute atomic E-state index is 6.59. The van der Waals surface area contributed by atoms with Crippen molar-refractivity contribution in [3.05, 3.63) is 50.4 Å². The molecule has 35 heavy (non-hydrogen) atoms. The van der Waals surface area contributed by atoms with Gasteiger partial charge in [0.25, 0.3) is 0 Å². The molecule has 5 rings (SSSR count). The third-order valence-corrected chi connectivity index (χ3v) is 8.84. The molecule has 0 bridgehead atoms. The molecule has 1 aliphatic carbocycles. The molecule has 0 radical (unpaired) electrons. The van der Waals surface area contributed by atoms with Crippen LogP contribution in [0.2, 0.25) is 15.1 Å². The minimum absolute atomic E-state index is 0. The van der Waals surface area contributed by atoms with Crippen LogP contribution in [0.1, 0.15) is 56.8 Å². The first-order valence-electron chi connectivity index (χ1n) is 12.3. The summed E-state index contributed by atoms with van der Waals surface area (Å²) in [4.78, 5) is 14.6. The molecule has 1 aromatic carbocycles. The molecule has 2 aromatic rings. The fraction of sp³-hybridized carbons (Fsp3) is 0.577. The zero-order valence-electron chi connectivity index (χ0n) is 21.1. The quantitative estimate of drug-likeness (QED) is 0.442. The van der Waals surface area contributed by atoms with Crippen LogP contribution in [0.15, 0.2) is 18.2 Å². The van der Waals surface area contributed by atoms with Crippen LogP contribution >= 0.6 is 34.8 Å². The Hall–Kier alpha value is -0.270. The van der Waals surface area contributed by atoms with Crippen molar-refractivity contribution >= 4 is 46.6 Å². The number of likely N-dealkylation sites (tertiary alicyclic amines) is 1. The Bertz CT molecular complexity index is 1040. The average molecular weight is 545 g/mol. The molecule has 2 aliphatic heterocycles. The molecule has 1 aromatic heterocycles. The second-order valence-electron chi connectivity index (χ2n) is 10.4. The molecule has 3 heterocycles. The molecule has 184 valence electrons. The van der Waals surface area contributed by atoms with E-state index in [1.165, 1.54) is 38.8 Å². The second-order valence-corrected chi connectivity index (χ2v) is 11.6. The molecule has 9 heteroatoms. The number of aromatic nitrogens is 2. The molecule has 3 fully saturated rings. The van der Waals surface area contributed by atoms with Crippen LogP contribution in [-0.4, -0.2) is 47.1 Å².